The van der Waals surface area contributed by atoms with Crippen LogP contribution in [0.15, 0.2) is 23.7 Å². The Morgan fingerprint density at radius 2 is 2.19 bits per heavy atom. The molecule has 0 atom stereocenters. The molecule has 0 fully saturated rings. The van der Waals surface area contributed by atoms with E-state index in [1.54, 1.807) is 25.2 Å². The Morgan fingerprint density at radius 3 is 2.88 bits per heavy atom. The first-order valence-corrected chi connectivity index (χ1v) is 6.11. The summed E-state index contributed by atoms with van der Waals surface area (Å²) in [6.45, 7) is 4.17. The lowest BCUT2D eigenvalue weighted by atomic mass is 10.1. The highest BCUT2D eigenvalue weighted by atomic mass is 32.1. The quantitative estimate of drug-likeness (QED) is 0.889. The smallest absolute Gasteiger partial charge is 0.137 e. The van der Waals surface area contributed by atoms with E-state index >= 15 is 0 Å². The maximum atomic E-state index is 9.81. The number of rotatable bonds is 3. The van der Waals surface area contributed by atoms with Crippen LogP contribution in [0.25, 0.3) is 10.1 Å². The maximum absolute atomic E-state index is 9.81. The van der Waals surface area contributed by atoms with Crippen molar-refractivity contribution in [3.05, 3.63) is 23.7 Å². The van der Waals surface area contributed by atoms with E-state index < -0.39 is 5.60 Å². The summed E-state index contributed by atoms with van der Waals surface area (Å²) in [5.41, 5.74) is -0.714. The molecule has 0 bridgehead atoms. The van der Waals surface area contributed by atoms with E-state index in [0.717, 1.165) is 11.2 Å². The van der Waals surface area contributed by atoms with Gasteiger partial charge in [0, 0.05) is 29.9 Å². The molecule has 1 N–H and O–H groups in total. The molecule has 3 nitrogen and oxygen atoms in total. The van der Waals surface area contributed by atoms with E-state index in [2.05, 4.69) is 16.4 Å². The van der Waals surface area contributed by atoms with Crippen LogP contribution in [0.4, 0.5) is 5.82 Å². The van der Waals surface area contributed by atoms with E-state index in [1.165, 1.54) is 4.70 Å². The zero-order valence-electron chi connectivity index (χ0n) is 9.77. The molecule has 0 amide bonds. The van der Waals surface area contributed by atoms with Gasteiger partial charge in [0.2, 0.25) is 0 Å². The summed E-state index contributed by atoms with van der Waals surface area (Å²) in [4.78, 5) is 6.38. The summed E-state index contributed by atoms with van der Waals surface area (Å²) >= 11 is 1.71. The fraction of sp³-hybridized carbons (Fsp3) is 0.417. The van der Waals surface area contributed by atoms with E-state index in [4.69, 9.17) is 0 Å². The van der Waals surface area contributed by atoms with Crippen molar-refractivity contribution in [1.82, 2.24) is 4.98 Å². The van der Waals surface area contributed by atoms with Crippen molar-refractivity contribution >= 4 is 27.2 Å². The molecular weight excluding hydrogens is 220 g/mol. The highest BCUT2D eigenvalue weighted by Crippen LogP contribution is 2.28. The van der Waals surface area contributed by atoms with Gasteiger partial charge in [0.15, 0.2) is 0 Å². The molecule has 0 radical (unpaired) electrons. The van der Waals surface area contributed by atoms with Crippen molar-refractivity contribution in [1.29, 1.82) is 0 Å². The highest BCUT2D eigenvalue weighted by Gasteiger charge is 2.18. The first-order valence-electron chi connectivity index (χ1n) is 5.23. The van der Waals surface area contributed by atoms with Crippen LogP contribution < -0.4 is 4.90 Å². The lowest BCUT2D eigenvalue weighted by Gasteiger charge is -2.26. The normalized spacial score (nSPS) is 12.0. The van der Waals surface area contributed by atoms with Gasteiger partial charge in [-0.15, -0.1) is 11.3 Å². The third-order valence-electron chi connectivity index (χ3n) is 2.34. The summed E-state index contributed by atoms with van der Waals surface area (Å²) in [5.74, 6) is 0.931. The Balaban J connectivity index is 2.36. The molecule has 2 rings (SSSR count). The topological polar surface area (TPSA) is 36.4 Å². The fourth-order valence-corrected chi connectivity index (χ4v) is 2.62. The van der Waals surface area contributed by atoms with E-state index in [9.17, 15) is 5.11 Å². The van der Waals surface area contributed by atoms with Crippen molar-refractivity contribution in [2.45, 2.75) is 19.4 Å². The van der Waals surface area contributed by atoms with Crippen molar-refractivity contribution in [3.63, 3.8) is 0 Å². The molecule has 0 aromatic carbocycles. The summed E-state index contributed by atoms with van der Waals surface area (Å²) < 4.78 is 1.23. The zero-order chi connectivity index (χ0) is 11.8. The van der Waals surface area contributed by atoms with Crippen LogP contribution in [0.2, 0.25) is 0 Å². The van der Waals surface area contributed by atoms with Gasteiger partial charge in [-0.3, -0.25) is 0 Å². The second-order valence-electron chi connectivity index (χ2n) is 4.64. The van der Waals surface area contributed by atoms with Crippen LogP contribution in [-0.4, -0.2) is 29.3 Å². The summed E-state index contributed by atoms with van der Waals surface area (Å²) in [7, 11) is 1.96. The molecule has 4 heteroatoms. The molecule has 0 saturated heterocycles. The Morgan fingerprint density at radius 1 is 1.44 bits per heavy atom. The molecular formula is C12H16N2OS. The molecule has 86 valence electrons. The number of fused-ring (bicyclic) bond motifs is 1. The first kappa shape index (κ1) is 11.4. The SMILES string of the molecule is CN(CC(C)(C)O)c1nccc2sccc12. The van der Waals surface area contributed by atoms with Gasteiger partial charge < -0.3 is 10.0 Å². The Bertz CT molecular complexity index is 487. The van der Waals surface area contributed by atoms with Gasteiger partial charge in [0.25, 0.3) is 0 Å². The number of aliphatic hydroxyl groups is 1. The Labute approximate surface area is 99.4 Å². The maximum Gasteiger partial charge on any atom is 0.137 e. The molecule has 0 saturated carbocycles. The second-order valence-corrected chi connectivity index (χ2v) is 5.58. The monoisotopic (exact) mass is 236 g/mol. The molecule has 0 aliphatic carbocycles. The number of anilines is 1. The van der Waals surface area contributed by atoms with Crippen LogP contribution in [0.1, 0.15) is 13.8 Å². The number of likely N-dealkylation sites (N-methyl/N-ethyl adjacent to an activating group) is 1. The van der Waals surface area contributed by atoms with Gasteiger partial charge in [-0.2, -0.15) is 0 Å². The largest absolute Gasteiger partial charge is 0.389 e. The van der Waals surface area contributed by atoms with Crippen molar-refractivity contribution in [3.8, 4) is 0 Å². The predicted octanol–water partition coefficient (Wildman–Crippen LogP) is 2.50. The van der Waals surface area contributed by atoms with Crippen molar-refractivity contribution in [2.24, 2.45) is 0 Å². The summed E-state index contributed by atoms with van der Waals surface area (Å²) in [5, 5.41) is 13.0. The Hall–Kier alpha value is -1.13. The minimum atomic E-state index is -0.714. The van der Waals surface area contributed by atoms with Crippen molar-refractivity contribution in [2.75, 3.05) is 18.5 Å². The fourth-order valence-electron chi connectivity index (χ4n) is 1.84. The predicted molar refractivity (Wildman–Crippen MR) is 69.2 cm³/mol. The van der Waals surface area contributed by atoms with Gasteiger partial charge in [0.1, 0.15) is 5.82 Å². The molecule has 2 aromatic heterocycles. The molecule has 0 unspecified atom stereocenters. The van der Waals surface area contributed by atoms with Gasteiger partial charge in [0.05, 0.1) is 5.60 Å². The molecule has 0 aliphatic rings. The molecule has 0 spiro atoms. The van der Waals surface area contributed by atoms with E-state index in [-0.39, 0.29) is 0 Å². The lowest BCUT2D eigenvalue weighted by Crippen LogP contribution is -2.36. The number of aromatic nitrogens is 1. The third-order valence-corrected chi connectivity index (χ3v) is 3.23. The average molecular weight is 236 g/mol. The number of thiophene rings is 1. The van der Waals surface area contributed by atoms with Crippen LogP contribution in [-0.2, 0) is 0 Å². The number of pyridine rings is 1. The van der Waals surface area contributed by atoms with Crippen molar-refractivity contribution < 1.29 is 5.11 Å². The standard InChI is InChI=1S/C12H16N2OS/c1-12(2,15)8-14(3)11-9-5-7-16-10(9)4-6-13-11/h4-7,15H,8H2,1-3H3. The zero-order valence-corrected chi connectivity index (χ0v) is 10.6. The highest BCUT2D eigenvalue weighted by molar-refractivity contribution is 7.17. The van der Waals surface area contributed by atoms with Crippen LogP contribution in [0.3, 0.4) is 0 Å². The van der Waals surface area contributed by atoms with Crippen LogP contribution in [0, 0.1) is 0 Å². The minimum Gasteiger partial charge on any atom is -0.389 e. The molecule has 2 heterocycles. The van der Waals surface area contributed by atoms with Crippen LogP contribution in [0.5, 0.6) is 0 Å². The number of hydrogen-bond donors (Lipinski definition) is 1. The molecule has 0 aliphatic heterocycles. The second kappa shape index (κ2) is 4.03. The average Bonchev–Trinajstić information content (AvgIpc) is 2.61. The summed E-state index contributed by atoms with van der Waals surface area (Å²) in [6.07, 6.45) is 1.81. The van der Waals surface area contributed by atoms with Gasteiger partial charge in [-0.25, -0.2) is 4.98 Å². The number of nitrogens with zero attached hydrogens (tertiary/aromatic N) is 2. The minimum absolute atomic E-state index is 0.564. The van der Waals surface area contributed by atoms with Gasteiger partial charge in [-0.1, -0.05) is 0 Å². The molecule has 16 heavy (non-hydrogen) atoms. The molecule has 2 aromatic rings. The lowest BCUT2D eigenvalue weighted by molar-refractivity contribution is 0.0885. The third kappa shape index (κ3) is 2.33. The van der Waals surface area contributed by atoms with Gasteiger partial charge in [-0.05, 0) is 31.4 Å². The van der Waals surface area contributed by atoms with E-state index in [0.29, 0.717) is 6.54 Å². The Kier molecular flexibility index (Phi) is 2.86. The van der Waals surface area contributed by atoms with Crippen LogP contribution >= 0.6 is 11.3 Å². The number of hydrogen-bond acceptors (Lipinski definition) is 4. The first-order chi connectivity index (χ1) is 7.47. The van der Waals surface area contributed by atoms with E-state index in [1.807, 2.05) is 24.2 Å². The van der Waals surface area contributed by atoms with Gasteiger partial charge >= 0.3 is 0 Å². The summed E-state index contributed by atoms with van der Waals surface area (Å²) in [6, 6.07) is 4.09.